The van der Waals surface area contributed by atoms with Crippen LogP contribution in [0.15, 0.2) is 54.6 Å². The van der Waals surface area contributed by atoms with Gasteiger partial charge in [0.1, 0.15) is 17.7 Å². The molecular weight excluding hydrogens is 361 g/mol. The Morgan fingerprint density at radius 2 is 1.76 bits per heavy atom. The van der Waals surface area contributed by atoms with Crippen LogP contribution in [0.5, 0.6) is 5.75 Å². The predicted octanol–water partition coefficient (Wildman–Crippen LogP) is 6.62. The van der Waals surface area contributed by atoms with Crippen molar-refractivity contribution >= 4 is 0 Å². The topological polar surface area (TPSA) is 33.0 Å². The van der Waals surface area contributed by atoms with E-state index >= 15 is 0 Å². The summed E-state index contributed by atoms with van der Waals surface area (Å²) in [4.78, 5) is 0. The lowest BCUT2D eigenvalue weighted by Gasteiger charge is -2.17. The Bertz CT molecular complexity index is 1120. The van der Waals surface area contributed by atoms with Gasteiger partial charge in [-0.05, 0) is 90.6 Å². The number of halogens is 1. The molecule has 0 N–H and O–H groups in total. The van der Waals surface area contributed by atoms with E-state index in [0.717, 1.165) is 40.8 Å². The molecule has 0 spiro atoms. The molecule has 1 atom stereocenters. The second-order valence-corrected chi connectivity index (χ2v) is 8.07. The molecule has 144 valence electrons. The summed E-state index contributed by atoms with van der Waals surface area (Å²) in [6, 6.07) is 19.6. The highest BCUT2D eigenvalue weighted by molar-refractivity contribution is 5.74. The van der Waals surface area contributed by atoms with E-state index in [2.05, 4.69) is 18.2 Å². The second-order valence-electron chi connectivity index (χ2n) is 8.07. The lowest BCUT2D eigenvalue weighted by molar-refractivity contribution is 0.203. The molecule has 2 aliphatic rings. The highest BCUT2D eigenvalue weighted by Crippen LogP contribution is 2.43. The molecule has 0 bridgehead atoms. The molecule has 0 aromatic heterocycles. The largest absolute Gasteiger partial charge is 0.486 e. The highest BCUT2D eigenvalue weighted by Gasteiger charge is 2.31. The molecule has 3 aromatic carbocycles. The van der Waals surface area contributed by atoms with E-state index in [9.17, 15) is 9.65 Å². The van der Waals surface area contributed by atoms with Crippen molar-refractivity contribution in [3.05, 3.63) is 88.2 Å². The minimum Gasteiger partial charge on any atom is -0.486 e. The Balaban J connectivity index is 1.49. The highest BCUT2D eigenvalue weighted by atomic mass is 19.1. The number of nitriles is 1. The standard InChI is InChI=1S/C26H22FNO/c1-16-19(15-28)3-2-4-21(16)22-11-13-24(27)26-23(22)12-14-25(26)29-20-9-7-18(8-10-20)17-5-6-17/h2-4,7-11,13,17,25H,5-6,12,14H2,1H3. The van der Waals surface area contributed by atoms with Gasteiger partial charge in [0.25, 0.3) is 0 Å². The van der Waals surface area contributed by atoms with Crippen LogP contribution in [-0.2, 0) is 6.42 Å². The van der Waals surface area contributed by atoms with Gasteiger partial charge in [0.05, 0.1) is 11.6 Å². The molecule has 0 amide bonds. The van der Waals surface area contributed by atoms with E-state index in [1.54, 1.807) is 0 Å². The van der Waals surface area contributed by atoms with Crippen molar-refractivity contribution in [2.75, 3.05) is 0 Å². The summed E-state index contributed by atoms with van der Waals surface area (Å²) < 4.78 is 21.0. The molecule has 0 radical (unpaired) electrons. The fourth-order valence-electron chi connectivity index (χ4n) is 4.49. The molecule has 29 heavy (non-hydrogen) atoms. The summed E-state index contributed by atoms with van der Waals surface area (Å²) >= 11 is 0. The van der Waals surface area contributed by atoms with E-state index in [-0.39, 0.29) is 11.9 Å². The molecule has 1 fully saturated rings. The number of fused-ring (bicyclic) bond motifs is 1. The average Bonchev–Trinajstić information content (AvgIpc) is 3.50. The molecule has 2 nitrogen and oxygen atoms in total. The third-order valence-electron chi connectivity index (χ3n) is 6.23. The zero-order valence-corrected chi connectivity index (χ0v) is 16.4. The molecule has 0 heterocycles. The summed E-state index contributed by atoms with van der Waals surface area (Å²) in [6.07, 6.45) is 3.79. The molecular formula is C26H22FNO. The summed E-state index contributed by atoms with van der Waals surface area (Å²) in [6.45, 7) is 1.95. The van der Waals surface area contributed by atoms with Crippen LogP contribution in [0, 0.1) is 24.1 Å². The monoisotopic (exact) mass is 383 g/mol. The average molecular weight is 383 g/mol. The summed E-state index contributed by atoms with van der Waals surface area (Å²) in [5, 5.41) is 9.36. The molecule has 0 saturated heterocycles. The van der Waals surface area contributed by atoms with Gasteiger partial charge in [0.15, 0.2) is 0 Å². The third-order valence-corrected chi connectivity index (χ3v) is 6.23. The molecule has 5 rings (SSSR count). The van der Waals surface area contributed by atoms with Crippen LogP contribution >= 0.6 is 0 Å². The maximum absolute atomic E-state index is 14.8. The van der Waals surface area contributed by atoms with Gasteiger partial charge in [-0.25, -0.2) is 4.39 Å². The van der Waals surface area contributed by atoms with Crippen LogP contribution in [0.1, 0.15) is 59.1 Å². The van der Waals surface area contributed by atoms with Gasteiger partial charge >= 0.3 is 0 Å². The Morgan fingerprint density at radius 3 is 2.48 bits per heavy atom. The maximum Gasteiger partial charge on any atom is 0.130 e. The van der Waals surface area contributed by atoms with Crippen molar-refractivity contribution in [3.8, 4) is 22.9 Å². The third kappa shape index (κ3) is 3.19. The summed E-state index contributed by atoms with van der Waals surface area (Å²) in [5.41, 5.74) is 6.62. The zero-order valence-electron chi connectivity index (χ0n) is 16.4. The first-order valence-corrected chi connectivity index (χ1v) is 10.2. The van der Waals surface area contributed by atoms with Crippen molar-refractivity contribution in [2.24, 2.45) is 0 Å². The van der Waals surface area contributed by atoms with Crippen molar-refractivity contribution in [2.45, 2.75) is 44.6 Å². The van der Waals surface area contributed by atoms with Crippen molar-refractivity contribution in [3.63, 3.8) is 0 Å². The van der Waals surface area contributed by atoms with E-state index in [1.807, 2.05) is 43.3 Å². The second kappa shape index (κ2) is 7.04. The Morgan fingerprint density at radius 1 is 0.966 bits per heavy atom. The normalized spacial score (nSPS) is 17.6. The van der Waals surface area contributed by atoms with E-state index in [1.165, 1.54) is 24.5 Å². The number of rotatable bonds is 4. The SMILES string of the molecule is Cc1c(C#N)cccc1-c1ccc(F)c2c1CCC2Oc1ccc(C2CC2)cc1. The first-order chi connectivity index (χ1) is 14.2. The molecule has 3 aromatic rings. The Kier molecular flexibility index (Phi) is 4.36. The van der Waals surface area contributed by atoms with Crippen molar-refractivity contribution < 1.29 is 9.13 Å². The van der Waals surface area contributed by atoms with E-state index in [4.69, 9.17) is 4.74 Å². The predicted molar refractivity (Wildman–Crippen MR) is 111 cm³/mol. The number of hydrogen-bond donors (Lipinski definition) is 0. The summed E-state index contributed by atoms with van der Waals surface area (Å²) in [5.74, 6) is 1.29. The Hall–Kier alpha value is -3.12. The van der Waals surface area contributed by atoms with Gasteiger partial charge in [-0.3, -0.25) is 0 Å². The van der Waals surface area contributed by atoms with Crippen molar-refractivity contribution in [1.82, 2.24) is 0 Å². The van der Waals surface area contributed by atoms with E-state index in [0.29, 0.717) is 17.0 Å². The van der Waals surface area contributed by atoms with E-state index < -0.39 is 0 Å². The van der Waals surface area contributed by atoms with Gasteiger partial charge in [-0.1, -0.05) is 30.3 Å². The lowest BCUT2D eigenvalue weighted by atomic mass is 9.91. The fourth-order valence-corrected chi connectivity index (χ4v) is 4.49. The minimum absolute atomic E-state index is 0.213. The molecule has 2 aliphatic carbocycles. The number of hydrogen-bond acceptors (Lipinski definition) is 2. The maximum atomic E-state index is 14.8. The minimum atomic E-state index is -0.281. The smallest absolute Gasteiger partial charge is 0.130 e. The first-order valence-electron chi connectivity index (χ1n) is 10.2. The van der Waals surface area contributed by atoms with Crippen LogP contribution in [0.2, 0.25) is 0 Å². The lowest BCUT2D eigenvalue weighted by Crippen LogP contribution is -2.06. The fraction of sp³-hybridized carbons (Fsp3) is 0.269. The van der Waals surface area contributed by atoms with Crippen LogP contribution in [0.4, 0.5) is 4.39 Å². The van der Waals surface area contributed by atoms with Gasteiger partial charge < -0.3 is 4.74 Å². The summed E-state index contributed by atoms with van der Waals surface area (Å²) in [7, 11) is 0. The molecule has 1 unspecified atom stereocenters. The van der Waals surface area contributed by atoms with Gasteiger partial charge in [0, 0.05) is 5.56 Å². The van der Waals surface area contributed by atoms with Gasteiger partial charge in [-0.15, -0.1) is 0 Å². The van der Waals surface area contributed by atoms with Crippen molar-refractivity contribution in [1.29, 1.82) is 5.26 Å². The molecule has 3 heteroatoms. The van der Waals surface area contributed by atoms with Crippen LogP contribution in [0.25, 0.3) is 11.1 Å². The number of ether oxygens (including phenoxy) is 1. The first kappa shape index (κ1) is 17.9. The number of nitrogens with zero attached hydrogens (tertiary/aromatic N) is 1. The van der Waals surface area contributed by atoms with Crippen LogP contribution in [0.3, 0.4) is 0 Å². The quantitative estimate of drug-likeness (QED) is 0.507. The van der Waals surface area contributed by atoms with Crippen LogP contribution < -0.4 is 4.74 Å². The van der Waals surface area contributed by atoms with Gasteiger partial charge in [0.2, 0.25) is 0 Å². The molecule has 0 aliphatic heterocycles. The molecule has 1 saturated carbocycles. The Labute approximate surface area is 170 Å². The zero-order chi connectivity index (χ0) is 20.0. The van der Waals surface area contributed by atoms with Crippen LogP contribution in [-0.4, -0.2) is 0 Å². The number of benzene rings is 3. The van der Waals surface area contributed by atoms with Gasteiger partial charge in [-0.2, -0.15) is 5.26 Å².